The molecule has 0 aromatic heterocycles. The highest BCUT2D eigenvalue weighted by Crippen LogP contribution is 2.15. The molecule has 0 fully saturated rings. The minimum absolute atomic E-state index is 0.0213. The fourth-order valence-corrected chi connectivity index (χ4v) is 1.28. The Kier molecular flexibility index (Phi) is 4.82. The van der Waals surface area contributed by atoms with Crippen LogP contribution >= 0.6 is 0 Å². The van der Waals surface area contributed by atoms with Gasteiger partial charge in [0.15, 0.2) is 0 Å². The second kappa shape index (κ2) is 6.38. The normalized spacial score (nSPS) is 11.1. The van der Waals surface area contributed by atoms with Crippen molar-refractivity contribution in [3.05, 3.63) is 24.3 Å². The van der Waals surface area contributed by atoms with Gasteiger partial charge in [-0.3, -0.25) is 4.79 Å². The topological polar surface area (TPSA) is 74.2 Å². The summed E-state index contributed by atoms with van der Waals surface area (Å²) in [7, 11) is 1.60. The maximum Gasteiger partial charge on any atom is 0.243 e. The summed E-state index contributed by atoms with van der Waals surface area (Å²) in [4.78, 5) is 11.5. The monoisotopic (exact) mass is 233 g/mol. The van der Waals surface area contributed by atoms with E-state index in [9.17, 15) is 4.79 Å². The van der Waals surface area contributed by atoms with E-state index < -0.39 is 6.04 Å². The Morgan fingerprint density at radius 2 is 2.12 bits per heavy atom. The first-order chi connectivity index (χ1) is 8.17. The van der Waals surface area contributed by atoms with E-state index in [2.05, 4.69) is 10.6 Å². The molecule has 1 atom stereocenters. The number of ether oxygens (including phenoxy) is 1. The predicted octanol–water partition coefficient (Wildman–Crippen LogP) is 1.14. The van der Waals surface area contributed by atoms with Gasteiger partial charge in [-0.1, -0.05) is 0 Å². The average molecular weight is 233 g/mol. The third-order valence-electron chi connectivity index (χ3n) is 2.21. The van der Waals surface area contributed by atoms with Gasteiger partial charge in [-0.25, -0.2) is 0 Å². The van der Waals surface area contributed by atoms with Gasteiger partial charge in [-0.2, -0.15) is 5.26 Å². The molecule has 0 saturated carbocycles. The van der Waals surface area contributed by atoms with E-state index in [1.165, 1.54) is 0 Å². The number of carbonyl (C=O) groups excluding carboxylic acids is 1. The van der Waals surface area contributed by atoms with Gasteiger partial charge in [0.1, 0.15) is 18.3 Å². The van der Waals surface area contributed by atoms with Crippen molar-refractivity contribution in [3.63, 3.8) is 0 Å². The third kappa shape index (κ3) is 4.03. The molecule has 1 unspecified atom stereocenters. The molecule has 0 bridgehead atoms. The van der Waals surface area contributed by atoms with Crippen molar-refractivity contribution in [1.82, 2.24) is 5.32 Å². The molecule has 17 heavy (non-hydrogen) atoms. The van der Waals surface area contributed by atoms with Crippen molar-refractivity contribution >= 4 is 11.6 Å². The summed E-state index contributed by atoms with van der Waals surface area (Å²) in [5.74, 6) is 0.555. The molecule has 5 heteroatoms. The fourth-order valence-electron chi connectivity index (χ4n) is 1.28. The highest BCUT2D eigenvalue weighted by molar-refractivity contribution is 5.84. The van der Waals surface area contributed by atoms with E-state index in [1.807, 2.05) is 30.3 Å². The highest BCUT2D eigenvalue weighted by Gasteiger charge is 2.11. The number of methoxy groups -OCH3 is 1. The number of benzene rings is 1. The van der Waals surface area contributed by atoms with Gasteiger partial charge in [0.05, 0.1) is 13.2 Å². The predicted molar refractivity (Wildman–Crippen MR) is 64.7 cm³/mol. The second-order valence-electron chi connectivity index (χ2n) is 3.47. The summed E-state index contributed by atoms with van der Waals surface area (Å²) in [5, 5.41) is 13.9. The molecular weight excluding hydrogens is 218 g/mol. The van der Waals surface area contributed by atoms with Gasteiger partial charge in [-0.15, -0.1) is 0 Å². The van der Waals surface area contributed by atoms with Crippen molar-refractivity contribution in [2.45, 2.75) is 13.0 Å². The van der Waals surface area contributed by atoms with Gasteiger partial charge in [-0.05, 0) is 31.2 Å². The Balaban J connectivity index is 2.52. The van der Waals surface area contributed by atoms with Crippen molar-refractivity contribution in [2.24, 2.45) is 0 Å². The SMILES string of the molecule is COc1ccc(NC(C)C(=O)NCC#N)cc1. The van der Waals surface area contributed by atoms with Crippen LogP contribution in [0, 0.1) is 11.3 Å². The largest absolute Gasteiger partial charge is 0.497 e. The number of hydrogen-bond acceptors (Lipinski definition) is 4. The lowest BCUT2D eigenvalue weighted by Crippen LogP contribution is -2.37. The first kappa shape index (κ1) is 12.8. The maximum absolute atomic E-state index is 11.5. The number of rotatable bonds is 5. The van der Waals surface area contributed by atoms with Crippen LogP contribution in [0.2, 0.25) is 0 Å². The summed E-state index contributed by atoms with van der Waals surface area (Å²) < 4.78 is 5.03. The summed E-state index contributed by atoms with van der Waals surface area (Å²) in [5.41, 5.74) is 0.824. The van der Waals surface area contributed by atoms with Crippen molar-refractivity contribution in [2.75, 3.05) is 19.0 Å². The molecule has 2 N–H and O–H groups in total. The van der Waals surface area contributed by atoms with E-state index in [-0.39, 0.29) is 12.5 Å². The average Bonchev–Trinajstić information content (AvgIpc) is 2.36. The number of nitriles is 1. The van der Waals surface area contributed by atoms with Crippen LogP contribution in [0.5, 0.6) is 5.75 Å². The van der Waals surface area contributed by atoms with E-state index in [1.54, 1.807) is 14.0 Å². The molecule has 0 heterocycles. The molecule has 0 aliphatic rings. The molecule has 1 aromatic carbocycles. The summed E-state index contributed by atoms with van der Waals surface area (Å²) >= 11 is 0. The summed E-state index contributed by atoms with van der Waals surface area (Å²) in [6.45, 7) is 1.75. The Labute approximate surface area is 100 Å². The Morgan fingerprint density at radius 3 is 2.65 bits per heavy atom. The number of nitrogens with zero attached hydrogens (tertiary/aromatic N) is 1. The summed E-state index contributed by atoms with van der Waals surface area (Å²) in [6.07, 6.45) is 0. The maximum atomic E-state index is 11.5. The standard InChI is InChI=1S/C12H15N3O2/c1-9(12(16)14-8-7-13)15-10-3-5-11(17-2)6-4-10/h3-6,9,15H,8H2,1-2H3,(H,14,16). The van der Waals surface area contributed by atoms with Gasteiger partial charge in [0.2, 0.25) is 5.91 Å². The fraction of sp³-hybridized carbons (Fsp3) is 0.333. The molecule has 5 nitrogen and oxygen atoms in total. The third-order valence-corrected chi connectivity index (χ3v) is 2.21. The van der Waals surface area contributed by atoms with Crippen LogP contribution in [0.3, 0.4) is 0 Å². The van der Waals surface area contributed by atoms with Gasteiger partial charge in [0.25, 0.3) is 0 Å². The lowest BCUT2D eigenvalue weighted by atomic mass is 10.2. The van der Waals surface area contributed by atoms with Crippen molar-refractivity contribution in [1.29, 1.82) is 5.26 Å². The van der Waals surface area contributed by atoms with Gasteiger partial charge < -0.3 is 15.4 Å². The first-order valence-corrected chi connectivity index (χ1v) is 5.22. The van der Waals surface area contributed by atoms with Gasteiger partial charge >= 0.3 is 0 Å². The lowest BCUT2D eigenvalue weighted by Gasteiger charge is -2.14. The van der Waals surface area contributed by atoms with Crippen LogP contribution in [-0.2, 0) is 4.79 Å². The van der Waals surface area contributed by atoms with Gasteiger partial charge in [0, 0.05) is 5.69 Å². The zero-order valence-electron chi connectivity index (χ0n) is 9.86. The molecule has 0 spiro atoms. The first-order valence-electron chi connectivity index (χ1n) is 5.22. The van der Waals surface area contributed by atoms with Crippen LogP contribution in [0.15, 0.2) is 24.3 Å². The van der Waals surface area contributed by atoms with Crippen molar-refractivity contribution < 1.29 is 9.53 Å². The van der Waals surface area contributed by atoms with Crippen LogP contribution in [-0.4, -0.2) is 25.6 Å². The molecule has 1 rings (SSSR count). The zero-order valence-corrected chi connectivity index (χ0v) is 9.86. The highest BCUT2D eigenvalue weighted by atomic mass is 16.5. The van der Waals surface area contributed by atoms with E-state index in [4.69, 9.17) is 10.00 Å². The summed E-state index contributed by atoms with van der Waals surface area (Å²) in [6, 6.07) is 8.73. The molecule has 1 amide bonds. The molecule has 0 radical (unpaired) electrons. The molecule has 0 saturated heterocycles. The smallest absolute Gasteiger partial charge is 0.243 e. The lowest BCUT2D eigenvalue weighted by molar-refractivity contribution is -0.121. The minimum Gasteiger partial charge on any atom is -0.497 e. The quantitative estimate of drug-likeness (QED) is 0.748. The van der Waals surface area contributed by atoms with Crippen LogP contribution in [0.25, 0.3) is 0 Å². The minimum atomic E-state index is -0.392. The van der Waals surface area contributed by atoms with Crippen LogP contribution < -0.4 is 15.4 Å². The number of amides is 1. The van der Waals surface area contributed by atoms with Crippen molar-refractivity contribution in [3.8, 4) is 11.8 Å². The Bertz CT molecular complexity index is 409. The van der Waals surface area contributed by atoms with E-state index >= 15 is 0 Å². The van der Waals surface area contributed by atoms with Crippen LogP contribution in [0.4, 0.5) is 5.69 Å². The molecule has 90 valence electrons. The Morgan fingerprint density at radius 1 is 1.47 bits per heavy atom. The van der Waals surface area contributed by atoms with E-state index in [0.717, 1.165) is 11.4 Å². The molecular formula is C12H15N3O2. The Hall–Kier alpha value is -2.22. The number of nitrogens with one attached hydrogen (secondary N) is 2. The molecule has 0 aliphatic carbocycles. The number of hydrogen-bond donors (Lipinski definition) is 2. The van der Waals surface area contributed by atoms with Crippen LogP contribution in [0.1, 0.15) is 6.92 Å². The molecule has 1 aromatic rings. The number of carbonyl (C=O) groups is 1. The second-order valence-corrected chi connectivity index (χ2v) is 3.47. The molecule has 0 aliphatic heterocycles. The zero-order chi connectivity index (χ0) is 12.7. The van der Waals surface area contributed by atoms with E-state index in [0.29, 0.717) is 0 Å². The number of anilines is 1.